The Bertz CT molecular complexity index is 1040. The molecule has 0 radical (unpaired) electrons. The maximum Gasteiger partial charge on any atom is 0.306 e. The maximum absolute atomic E-state index is 13.2. The zero-order valence-electron chi connectivity index (χ0n) is 42.2. The minimum atomic E-state index is -0.788. The van der Waals surface area contributed by atoms with Crippen molar-refractivity contribution in [1.82, 2.24) is 5.32 Å². The summed E-state index contributed by atoms with van der Waals surface area (Å²) in [4.78, 5) is 26.1. The lowest BCUT2D eigenvalue weighted by atomic mass is 10.0. The summed E-state index contributed by atoms with van der Waals surface area (Å²) in [5.41, 5.74) is 0. The molecule has 0 aliphatic rings. The molecule has 1 amide bonds. The zero-order chi connectivity index (χ0) is 45.9. The van der Waals surface area contributed by atoms with Crippen LogP contribution in [-0.4, -0.2) is 46.9 Å². The number of aliphatic hydroxyl groups is 2. The van der Waals surface area contributed by atoms with Gasteiger partial charge < -0.3 is 20.3 Å². The van der Waals surface area contributed by atoms with Gasteiger partial charge in [0, 0.05) is 6.42 Å². The lowest BCUT2D eigenvalue weighted by molar-refractivity contribution is -0.151. The minimum Gasteiger partial charge on any atom is -0.462 e. The molecule has 0 aromatic heterocycles. The van der Waals surface area contributed by atoms with Crippen molar-refractivity contribution in [3.05, 3.63) is 36.5 Å². The van der Waals surface area contributed by atoms with Gasteiger partial charge in [-0.25, -0.2) is 0 Å². The molecule has 0 aliphatic heterocycles. The number of carbonyl (C=O) groups excluding carboxylic acids is 2. The van der Waals surface area contributed by atoms with E-state index in [0.717, 1.165) is 64.2 Å². The number of rotatable bonds is 50. The molecule has 6 nitrogen and oxygen atoms in total. The second-order valence-electron chi connectivity index (χ2n) is 19.1. The van der Waals surface area contributed by atoms with Crippen LogP contribution >= 0.6 is 0 Å². The van der Waals surface area contributed by atoms with Crippen LogP contribution in [0.25, 0.3) is 0 Å². The molecule has 3 atom stereocenters. The maximum atomic E-state index is 13.2. The summed E-state index contributed by atoms with van der Waals surface area (Å²) in [5.74, 6) is -0.486. The molecule has 0 aromatic carbocycles. The van der Waals surface area contributed by atoms with Gasteiger partial charge in [0.15, 0.2) is 0 Å². The number of amides is 1. The van der Waals surface area contributed by atoms with Crippen LogP contribution in [0.2, 0.25) is 0 Å². The van der Waals surface area contributed by atoms with Crippen molar-refractivity contribution in [2.24, 2.45) is 0 Å². The summed E-state index contributed by atoms with van der Waals surface area (Å²) in [6, 6.07) is -0.702. The van der Waals surface area contributed by atoms with E-state index in [9.17, 15) is 19.8 Å². The fourth-order valence-corrected chi connectivity index (χ4v) is 8.55. The van der Waals surface area contributed by atoms with E-state index in [0.29, 0.717) is 19.3 Å². The Balaban J connectivity index is 4.42. The third kappa shape index (κ3) is 46.4. The van der Waals surface area contributed by atoms with Crippen LogP contribution in [0, 0.1) is 0 Å². The molecule has 3 unspecified atom stereocenters. The molecule has 0 aliphatic carbocycles. The van der Waals surface area contributed by atoms with E-state index in [-0.39, 0.29) is 24.9 Å². The average molecular weight is 886 g/mol. The van der Waals surface area contributed by atoms with E-state index in [4.69, 9.17) is 4.74 Å². The Kier molecular flexibility index (Phi) is 49.5. The van der Waals surface area contributed by atoms with Crippen LogP contribution in [0.15, 0.2) is 36.5 Å². The van der Waals surface area contributed by atoms with Gasteiger partial charge in [-0.1, -0.05) is 263 Å². The number of aliphatic hydroxyl groups excluding tert-OH is 2. The Morgan fingerprint density at radius 2 is 0.810 bits per heavy atom. The first-order valence-corrected chi connectivity index (χ1v) is 27.7. The quantitative estimate of drug-likeness (QED) is 0.0321. The van der Waals surface area contributed by atoms with Gasteiger partial charge in [0.1, 0.15) is 6.10 Å². The van der Waals surface area contributed by atoms with Crippen LogP contribution in [0.1, 0.15) is 290 Å². The van der Waals surface area contributed by atoms with Crippen molar-refractivity contribution in [3.63, 3.8) is 0 Å². The second kappa shape index (κ2) is 51.1. The molecule has 0 fully saturated rings. The van der Waals surface area contributed by atoms with Crippen LogP contribution in [0.4, 0.5) is 0 Å². The number of nitrogens with one attached hydrogen (secondary N) is 1. The number of hydrogen-bond acceptors (Lipinski definition) is 5. The highest BCUT2D eigenvalue weighted by molar-refractivity contribution is 5.77. The first kappa shape index (κ1) is 61.1. The number of hydrogen-bond donors (Lipinski definition) is 3. The van der Waals surface area contributed by atoms with E-state index in [1.165, 1.54) is 180 Å². The molecule has 0 spiro atoms. The van der Waals surface area contributed by atoms with E-state index >= 15 is 0 Å². The number of carbonyl (C=O) groups is 2. The fraction of sp³-hybridized carbons (Fsp3) is 0.860. The fourth-order valence-electron chi connectivity index (χ4n) is 8.55. The van der Waals surface area contributed by atoms with Crippen LogP contribution in [-0.2, 0) is 14.3 Å². The molecule has 3 N–H and O–H groups in total. The second-order valence-corrected chi connectivity index (χ2v) is 19.1. The predicted octanol–water partition coefficient (Wildman–Crippen LogP) is 16.8. The number of unbranched alkanes of at least 4 members (excludes halogenated alkanes) is 34. The van der Waals surface area contributed by atoms with Gasteiger partial charge in [-0.15, -0.1) is 0 Å². The van der Waals surface area contributed by atoms with Gasteiger partial charge in [-0.3, -0.25) is 9.59 Å². The SMILES string of the molecule is CCCCCCC/C=C/C=C/C=C/CCCCCCCC(=O)OC(CCCCCCCCCCC)CC(=O)NC(CO)C(O)CCCCCCCCCCCCCCCCCCC. The largest absolute Gasteiger partial charge is 0.462 e. The van der Waals surface area contributed by atoms with Crippen molar-refractivity contribution in [2.75, 3.05) is 6.61 Å². The Morgan fingerprint density at radius 3 is 1.21 bits per heavy atom. The highest BCUT2D eigenvalue weighted by atomic mass is 16.5. The van der Waals surface area contributed by atoms with Crippen LogP contribution in [0.5, 0.6) is 0 Å². The summed E-state index contributed by atoms with van der Waals surface area (Å²) in [7, 11) is 0. The van der Waals surface area contributed by atoms with E-state index in [2.05, 4.69) is 62.5 Å². The van der Waals surface area contributed by atoms with E-state index < -0.39 is 18.2 Å². The minimum absolute atomic E-state index is 0.0726. The van der Waals surface area contributed by atoms with Crippen LogP contribution in [0.3, 0.4) is 0 Å². The molecular formula is C57H107NO5. The van der Waals surface area contributed by atoms with Crippen molar-refractivity contribution >= 4 is 11.9 Å². The van der Waals surface area contributed by atoms with Crippen molar-refractivity contribution in [3.8, 4) is 0 Å². The normalized spacial score (nSPS) is 13.4. The van der Waals surface area contributed by atoms with Gasteiger partial charge in [-0.05, 0) is 51.4 Å². The molecule has 6 heteroatoms. The zero-order valence-corrected chi connectivity index (χ0v) is 42.2. The lowest BCUT2D eigenvalue weighted by Gasteiger charge is -2.24. The highest BCUT2D eigenvalue weighted by Gasteiger charge is 2.24. The van der Waals surface area contributed by atoms with Gasteiger partial charge >= 0.3 is 5.97 Å². The summed E-state index contributed by atoms with van der Waals surface area (Å²) in [6.45, 7) is 6.48. The summed E-state index contributed by atoms with van der Waals surface area (Å²) < 4.78 is 5.92. The Morgan fingerprint density at radius 1 is 0.460 bits per heavy atom. The van der Waals surface area contributed by atoms with Crippen molar-refractivity contribution < 1.29 is 24.5 Å². The topological polar surface area (TPSA) is 95.9 Å². The van der Waals surface area contributed by atoms with Crippen LogP contribution < -0.4 is 5.32 Å². The molecule has 0 bridgehead atoms. The molecule has 0 rings (SSSR count). The third-order valence-corrected chi connectivity index (χ3v) is 12.8. The molecule has 370 valence electrons. The number of esters is 1. The summed E-state index contributed by atoms with van der Waals surface area (Å²) in [5, 5.41) is 23.8. The molecule has 0 saturated heterocycles. The van der Waals surface area contributed by atoms with Gasteiger partial charge in [0.05, 0.1) is 25.2 Å². The molecule has 0 saturated carbocycles. The summed E-state index contributed by atoms with van der Waals surface area (Å²) in [6.07, 6.45) is 60.7. The van der Waals surface area contributed by atoms with Crippen molar-refractivity contribution in [1.29, 1.82) is 0 Å². The Labute approximate surface area is 392 Å². The van der Waals surface area contributed by atoms with Gasteiger partial charge in [0.2, 0.25) is 5.91 Å². The number of ether oxygens (including phenoxy) is 1. The molecule has 0 aromatic rings. The standard InChI is InChI=1S/C57H107NO5/c1-4-7-10-13-16-19-21-23-25-27-29-31-33-35-38-41-44-47-50-57(62)63-53(48-45-42-39-36-18-15-12-9-6-3)51-56(61)58-54(52-59)55(60)49-46-43-40-37-34-32-30-28-26-24-22-20-17-14-11-8-5-2/h21,23,25,27,29,31,53-55,59-60H,4-20,22,24,26,28,30,32-52H2,1-3H3,(H,58,61)/b23-21+,27-25+,31-29+. The molecule has 63 heavy (non-hydrogen) atoms. The molecular weight excluding hydrogens is 779 g/mol. The molecule has 0 heterocycles. The monoisotopic (exact) mass is 886 g/mol. The Hall–Kier alpha value is -1.92. The lowest BCUT2D eigenvalue weighted by Crippen LogP contribution is -2.46. The number of allylic oxidation sites excluding steroid dienone is 6. The van der Waals surface area contributed by atoms with E-state index in [1.54, 1.807) is 0 Å². The first-order chi connectivity index (χ1) is 31.0. The highest BCUT2D eigenvalue weighted by Crippen LogP contribution is 2.18. The predicted molar refractivity (Wildman–Crippen MR) is 273 cm³/mol. The van der Waals surface area contributed by atoms with Crippen molar-refractivity contribution in [2.45, 2.75) is 309 Å². The van der Waals surface area contributed by atoms with Gasteiger partial charge in [0.25, 0.3) is 0 Å². The first-order valence-electron chi connectivity index (χ1n) is 27.7. The van der Waals surface area contributed by atoms with E-state index in [1.807, 2.05) is 0 Å². The smallest absolute Gasteiger partial charge is 0.306 e. The van der Waals surface area contributed by atoms with Gasteiger partial charge in [-0.2, -0.15) is 0 Å². The third-order valence-electron chi connectivity index (χ3n) is 12.8. The summed E-state index contributed by atoms with van der Waals surface area (Å²) >= 11 is 0. The average Bonchev–Trinajstić information content (AvgIpc) is 3.28.